The van der Waals surface area contributed by atoms with Crippen molar-refractivity contribution in [3.05, 3.63) is 36.9 Å². The zero-order valence-electron chi connectivity index (χ0n) is 12.4. The Bertz CT molecular complexity index is 554. The maximum atomic E-state index is 4.87. The highest BCUT2D eigenvalue weighted by molar-refractivity contribution is 9.10. The first-order chi connectivity index (χ1) is 9.41. The SMILES string of the molecule is CCCNC(c1cc(Br)cs1)c1nc(C(C)(C)C)cs1. The van der Waals surface area contributed by atoms with Gasteiger partial charge in [-0.1, -0.05) is 27.7 Å². The summed E-state index contributed by atoms with van der Waals surface area (Å²) >= 11 is 7.08. The van der Waals surface area contributed by atoms with Crippen LogP contribution in [0.15, 0.2) is 21.3 Å². The van der Waals surface area contributed by atoms with Crippen LogP contribution < -0.4 is 5.32 Å². The van der Waals surface area contributed by atoms with Gasteiger partial charge >= 0.3 is 0 Å². The van der Waals surface area contributed by atoms with Crippen molar-refractivity contribution in [1.29, 1.82) is 0 Å². The minimum atomic E-state index is 0.111. The van der Waals surface area contributed by atoms with Gasteiger partial charge in [-0.05, 0) is 35.0 Å². The molecule has 0 saturated carbocycles. The summed E-state index contributed by atoms with van der Waals surface area (Å²) < 4.78 is 1.15. The number of nitrogens with one attached hydrogen (secondary N) is 1. The van der Waals surface area contributed by atoms with Crippen LogP contribution in [0.25, 0.3) is 0 Å². The van der Waals surface area contributed by atoms with Crippen LogP contribution in [-0.2, 0) is 5.41 Å². The van der Waals surface area contributed by atoms with E-state index in [9.17, 15) is 0 Å². The van der Waals surface area contributed by atoms with Gasteiger partial charge in [0.05, 0.1) is 11.7 Å². The molecule has 0 aliphatic heterocycles. The Kier molecular flexibility index (Phi) is 5.40. The van der Waals surface area contributed by atoms with E-state index < -0.39 is 0 Å². The number of halogens is 1. The van der Waals surface area contributed by atoms with Crippen molar-refractivity contribution >= 4 is 38.6 Å². The van der Waals surface area contributed by atoms with E-state index in [4.69, 9.17) is 4.98 Å². The number of thiophene rings is 1. The van der Waals surface area contributed by atoms with Crippen molar-refractivity contribution in [2.75, 3.05) is 6.54 Å². The van der Waals surface area contributed by atoms with Crippen molar-refractivity contribution in [2.45, 2.75) is 45.6 Å². The van der Waals surface area contributed by atoms with Crippen molar-refractivity contribution in [3.63, 3.8) is 0 Å². The van der Waals surface area contributed by atoms with E-state index in [0.717, 1.165) is 22.4 Å². The first-order valence-electron chi connectivity index (χ1n) is 6.85. The monoisotopic (exact) mass is 372 g/mol. The van der Waals surface area contributed by atoms with Crippen molar-refractivity contribution in [2.24, 2.45) is 0 Å². The Labute approximate surface area is 137 Å². The van der Waals surface area contributed by atoms with E-state index in [0.29, 0.717) is 0 Å². The predicted octanol–water partition coefficient (Wildman–Crippen LogP) is 5.35. The summed E-state index contributed by atoms with van der Waals surface area (Å²) in [5.41, 5.74) is 1.29. The van der Waals surface area contributed by atoms with Gasteiger partial charge in [0, 0.05) is 25.5 Å². The summed E-state index contributed by atoms with van der Waals surface area (Å²) in [6.07, 6.45) is 1.13. The minimum Gasteiger partial charge on any atom is -0.304 e. The molecule has 0 aliphatic rings. The molecular weight excluding hydrogens is 352 g/mol. The summed E-state index contributed by atoms with van der Waals surface area (Å²) in [6.45, 7) is 9.83. The van der Waals surface area contributed by atoms with Gasteiger partial charge in [-0.15, -0.1) is 22.7 Å². The van der Waals surface area contributed by atoms with Crippen LogP contribution in [0.4, 0.5) is 0 Å². The molecular formula is C15H21BrN2S2. The predicted molar refractivity (Wildman–Crippen MR) is 93.0 cm³/mol. The standard InChI is InChI=1S/C15H21BrN2S2/c1-5-6-17-13(11-7-10(16)8-19-11)14-18-12(9-20-14)15(2,3)4/h7-9,13,17H,5-6H2,1-4H3. The van der Waals surface area contributed by atoms with Crippen molar-refractivity contribution < 1.29 is 0 Å². The fraction of sp³-hybridized carbons (Fsp3) is 0.533. The molecule has 1 unspecified atom stereocenters. The molecule has 0 saturated heterocycles. The molecule has 1 atom stereocenters. The van der Waals surface area contributed by atoms with Gasteiger partial charge in [0.1, 0.15) is 5.01 Å². The third-order valence-electron chi connectivity index (χ3n) is 3.01. The lowest BCUT2D eigenvalue weighted by Gasteiger charge is -2.16. The zero-order chi connectivity index (χ0) is 14.8. The summed E-state index contributed by atoms with van der Waals surface area (Å²) in [6, 6.07) is 2.41. The highest BCUT2D eigenvalue weighted by atomic mass is 79.9. The average Bonchev–Trinajstić information content (AvgIpc) is 2.99. The molecule has 2 aromatic rings. The van der Waals surface area contributed by atoms with Crippen LogP contribution in [0.5, 0.6) is 0 Å². The topological polar surface area (TPSA) is 24.9 Å². The Morgan fingerprint density at radius 1 is 1.30 bits per heavy atom. The van der Waals surface area contributed by atoms with Gasteiger partial charge in [0.15, 0.2) is 0 Å². The maximum absolute atomic E-state index is 4.87. The van der Waals surface area contributed by atoms with Gasteiger partial charge < -0.3 is 5.32 Å². The number of hydrogen-bond acceptors (Lipinski definition) is 4. The van der Waals surface area contributed by atoms with Crippen LogP contribution in [-0.4, -0.2) is 11.5 Å². The van der Waals surface area contributed by atoms with Crippen LogP contribution >= 0.6 is 38.6 Å². The summed E-state index contributed by atoms with van der Waals surface area (Å²) in [4.78, 5) is 6.19. The van der Waals surface area contributed by atoms with Crippen molar-refractivity contribution in [1.82, 2.24) is 10.3 Å². The number of rotatable bonds is 5. The lowest BCUT2D eigenvalue weighted by Crippen LogP contribution is -2.22. The highest BCUT2D eigenvalue weighted by Gasteiger charge is 2.23. The minimum absolute atomic E-state index is 0.111. The quantitative estimate of drug-likeness (QED) is 0.764. The van der Waals surface area contributed by atoms with Crippen LogP contribution in [0.1, 0.15) is 55.7 Å². The van der Waals surface area contributed by atoms with Gasteiger partial charge in [0.2, 0.25) is 0 Å². The third kappa shape index (κ3) is 3.91. The lowest BCUT2D eigenvalue weighted by atomic mass is 9.93. The van der Waals surface area contributed by atoms with Gasteiger partial charge in [-0.2, -0.15) is 0 Å². The molecule has 110 valence electrons. The first kappa shape index (κ1) is 16.1. The van der Waals surface area contributed by atoms with E-state index in [2.05, 4.69) is 65.8 Å². The van der Waals surface area contributed by atoms with E-state index in [1.807, 2.05) is 0 Å². The lowest BCUT2D eigenvalue weighted by molar-refractivity contribution is 0.559. The Balaban J connectivity index is 2.29. The second-order valence-electron chi connectivity index (χ2n) is 5.88. The molecule has 2 heterocycles. The molecule has 0 bridgehead atoms. The highest BCUT2D eigenvalue weighted by Crippen LogP contribution is 2.33. The fourth-order valence-corrected chi connectivity index (χ4v) is 4.57. The largest absolute Gasteiger partial charge is 0.304 e. The van der Waals surface area contributed by atoms with Crippen LogP contribution in [0.2, 0.25) is 0 Å². The average molecular weight is 373 g/mol. The first-order valence-corrected chi connectivity index (χ1v) is 9.40. The second kappa shape index (κ2) is 6.69. The Morgan fingerprint density at radius 2 is 2.05 bits per heavy atom. The number of aromatic nitrogens is 1. The second-order valence-corrected chi connectivity index (χ2v) is 8.62. The fourth-order valence-electron chi connectivity index (χ4n) is 1.84. The summed E-state index contributed by atoms with van der Waals surface area (Å²) in [7, 11) is 0. The third-order valence-corrected chi connectivity index (χ3v) is 5.68. The summed E-state index contributed by atoms with van der Waals surface area (Å²) in [5, 5.41) is 9.11. The molecule has 2 nitrogen and oxygen atoms in total. The smallest absolute Gasteiger partial charge is 0.115 e. The van der Waals surface area contributed by atoms with E-state index >= 15 is 0 Å². The molecule has 0 amide bonds. The van der Waals surface area contributed by atoms with Crippen LogP contribution in [0, 0.1) is 0 Å². The van der Waals surface area contributed by atoms with Gasteiger partial charge in [-0.25, -0.2) is 4.98 Å². The number of thiazole rings is 1. The molecule has 5 heteroatoms. The maximum Gasteiger partial charge on any atom is 0.115 e. The number of hydrogen-bond donors (Lipinski definition) is 1. The van der Waals surface area contributed by atoms with Crippen LogP contribution in [0.3, 0.4) is 0 Å². The molecule has 0 fully saturated rings. The van der Waals surface area contributed by atoms with E-state index in [1.165, 1.54) is 10.6 Å². The van der Waals surface area contributed by atoms with Crippen molar-refractivity contribution in [3.8, 4) is 0 Å². The molecule has 2 rings (SSSR count). The van der Waals surface area contributed by atoms with Gasteiger partial charge in [0.25, 0.3) is 0 Å². The van der Waals surface area contributed by atoms with E-state index in [1.54, 1.807) is 22.7 Å². The Morgan fingerprint density at radius 3 is 2.55 bits per heavy atom. The molecule has 0 radical (unpaired) electrons. The van der Waals surface area contributed by atoms with Gasteiger partial charge in [-0.3, -0.25) is 0 Å². The molecule has 20 heavy (non-hydrogen) atoms. The molecule has 0 aliphatic carbocycles. The molecule has 0 spiro atoms. The molecule has 1 N–H and O–H groups in total. The molecule has 2 aromatic heterocycles. The zero-order valence-corrected chi connectivity index (χ0v) is 15.6. The summed E-state index contributed by atoms with van der Waals surface area (Å²) in [5.74, 6) is 0. The number of nitrogens with zero attached hydrogens (tertiary/aromatic N) is 1. The molecule has 0 aromatic carbocycles. The Hall–Kier alpha value is -0.230. The van der Waals surface area contributed by atoms with E-state index in [-0.39, 0.29) is 11.5 Å². The normalized spacial score (nSPS) is 13.7.